The molecule has 0 aliphatic heterocycles. The smallest absolute Gasteiger partial charge is 0.0851 e. The molecule has 0 saturated carbocycles. The van der Waals surface area contributed by atoms with Crippen LogP contribution in [0.5, 0.6) is 0 Å². The predicted molar refractivity (Wildman–Crippen MR) is 54.9 cm³/mol. The molecule has 0 radical (unpaired) electrons. The van der Waals surface area contributed by atoms with E-state index in [0.29, 0.717) is 0 Å². The molecule has 5 heteroatoms. The summed E-state index contributed by atoms with van der Waals surface area (Å²) in [6.07, 6.45) is 5.16. The van der Waals surface area contributed by atoms with Crippen LogP contribution in [0.4, 0.5) is 0 Å². The van der Waals surface area contributed by atoms with Gasteiger partial charge in [0, 0.05) is 17.3 Å². The molecule has 2 rings (SSSR count). The summed E-state index contributed by atoms with van der Waals surface area (Å²) in [5.41, 5.74) is 7.65. The standard InChI is InChI=1S/C9H10N4S/c1-6-4-12-7(5-11-6)9(10)8-2-3-13-14-8/h2-5,9H,10H2,1H3. The van der Waals surface area contributed by atoms with Crippen molar-refractivity contribution in [3.05, 3.63) is 40.9 Å². The summed E-state index contributed by atoms with van der Waals surface area (Å²) in [4.78, 5) is 9.38. The van der Waals surface area contributed by atoms with Crippen LogP contribution in [0.25, 0.3) is 0 Å². The Morgan fingerprint density at radius 3 is 2.79 bits per heavy atom. The van der Waals surface area contributed by atoms with Crippen molar-refractivity contribution in [2.75, 3.05) is 0 Å². The molecule has 0 aliphatic carbocycles. The predicted octanol–water partition coefficient (Wildman–Crippen LogP) is 1.29. The van der Waals surface area contributed by atoms with Gasteiger partial charge >= 0.3 is 0 Å². The first-order chi connectivity index (χ1) is 6.77. The van der Waals surface area contributed by atoms with Crippen LogP contribution in [0, 0.1) is 6.92 Å². The minimum Gasteiger partial charge on any atom is -0.318 e. The molecule has 14 heavy (non-hydrogen) atoms. The van der Waals surface area contributed by atoms with Gasteiger partial charge in [0.15, 0.2) is 0 Å². The molecule has 0 fully saturated rings. The lowest BCUT2D eigenvalue weighted by Crippen LogP contribution is -2.12. The fraction of sp³-hybridized carbons (Fsp3) is 0.222. The van der Waals surface area contributed by atoms with E-state index in [4.69, 9.17) is 5.73 Å². The van der Waals surface area contributed by atoms with Crippen molar-refractivity contribution in [2.45, 2.75) is 13.0 Å². The van der Waals surface area contributed by atoms with E-state index in [9.17, 15) is 0 Å². The topological polar surface area (TPSA) is 64.7 Å². The van der Waals surface area contributed by atoms with Gasteiger partial charge in [0.1, 0.15) is 0 Å². The van der Waals surface area contributed by atoms with Crippen molar-refractivity contribution < 1.29 is 0 Å². The van der Waals surface area contributed by atoms with Gasteiger partial charge in [0.25, 0.3) is 0 Å². The van der Waals surface area contributed by atoms with Crippen LogP contribution in [0.3, 0.4) is 0 Å². The Kier molecular flexibility index (Phi) is 2.51. The minimum absolute atomic E-state index is 0.212. The quantitative estimate of drug-likeness (QED) is 0.804. The van der Waals surface area contributed by atoms with Gasteiger partial charge in [-0.2, -0.15) is 0 Å². The number of aryl methyl sites for hydroxylation is 1. The van der Waals surface area contributed by atoms with Gasteiger partial charge in [-0.3, -0.25) is 9.97 Å². The summed E-state index contributed by atoms with van der Waals surface area (Å²) in [5, 5.41) is 0. The van der Waals surface area contributed by atoms with Gasteiger partial charge in [-0.05, 0) is 24.5 Å². The van der Waals surface area contributed by atoms with Crippen molar-refractivity contribution in [2.24, 2.45) is 5.73 Å². The van der Waals surface area contributed by atoms with Gasteiger partial charge in [-0.15, -0.1) is 0 Å². The number of aromatic nitrogens is 3. The highest BCUT2D eigenvalue weighted by Crippen LogP contribution is 2.19. The highest BCUT2D eigenvalue weighted by molar-refractivity contribution is 7.05. The lowest BCUT2D eigenvalue weighted by atomic mass is 10.2. The maximum absolute atomic E-state index is 5.98. The normalized spacial score (nSPS) is 12.7. The largest absolute Gasteiger partial charge is 0.318 e. The van der Waals surface area contributed by atoms with Crippen molar-refractivity contribution >= 4 is 11.5 Å². The molecule has 2 aromatic heterocycles. The minimum atomic E-state index is -0.212. The van der Waals surface area contributed by atoms with E-state index in [1.807, 2.05) is 13.0 Å². The third-order valence-electron chi connectivity index (χ3n) is 1.88. The maximum Gasteiger partial charge on any atom is 0.0851 e. The Balaban J connectivity index is 2.28. The number of rotatable bonds is 2. The first-order valence-electron chi connectivity index (χ1n) is 4.22. The van der Waals surface area contributed by atoms with E-state index in [0.717, 1.165) is 16.3 Å². The second kappa shape index (κ2) is 3.81. The molecule has 1 unspecified atom stereocenters. The summed E-state index contributed by atoms with van der Waals surface area (Å²) in [6.45, 7) is 1.90. The molecule has 4 nitrogen and oxygen atoms in total. The summed E-state index contributed by atoms with van der Waals surface area (Å²) >= 11 is 1.39. The summed E-state index contributed by atoms with van der Waals surface area (Å²) < 4.78 is 4.00. The molecule has 0 aliphatic rings. The average Bonchev–Trinajstić information content (AvgIpc) is 2.71. The first-order valence-corrected chi connectivity index (χ1v) is 4.99. The monoisotopic (exact) mass is 206 g/mol. The van der Waals surface area contributed by atoms with Crippen LogP contribution in [0.1, 0.15) is 22.3 Å². The fourth-order valence-electron chi connectivity index (χ4n) is 1.09. The third-order valence-corrected chi connectivity index (χ3v) is 2.71. The highest BCUT2D eigenvalue weighted by Gasteiger charge is 2.11. The van der Waals surface area contributed by atoms with E-state index < -0.39 is 0 Å². The van der Waals surface area contributed by atoms with E-state index in [2.05, 4.69) is 14.3 Å². The Morgan fingerprint density at radius 2 is 2.21 bits per heavy atom. The van der Waals surface area contributed by atoms with Gasteiger partial charge in [0.05, 0.1) is 23.6 Å². The van der Waals surface area contributed by atoms with Gasteiger partial charge < -0.3 is 5.73 Å². The Morgan fingerprint density at radius 1 is 1.36 bits per heavy atom. The van der Waals surface area contributed by atoms with Crippen LogP contribution in [-0.4, -0.2) is 14.3 Å². The van der Waals surface area contributed by atoms with Crippen molar-refractivity contribution in [1.29, 1.82) is 0 Å². The van der Waals surface area contributed by atoms with Crippen molar-refractivity contribution in [3.8, 4) is 0 Å². The molecule has 2 aromatic rings. The SMILES string of the molecule is Cc1cnc(C(N)c2ccns2)cn1. The van der Waals surface area contributed by atoms with Gasteiger partial charge in [-0.25, -0.2) is 4.37 Å². The molecule has 0 amide bonds. The number of nitrogens with zero attached hydrogens (tertiary/aromatic N) is 3. The zero-order valence-corrected chi connectivity index (χ0v) is 8.53. The van der Waals surface area contributed by atoms with Crippen LogP contribution in [-0.2, 0) is 0 Å². The van der Waals surface area contributed by atoms with Crippen LogP contribution in [0.15, 0.2) is 24.7 Å². The molecule has 0 bridgehead atoms. The average molecular weight is 206 g/mol. The lowest BCUT2D eigenvalue weighted by Gasteiger charge is -2.07. The molecule has 0 spiro atoms. The van der Waals surface area contributed by atoms with Crippen LogP contribution < -0.4 is 5.73 Å². The van der Waals surface area contributed by atoms with E-state index >= 15 is 0 Å². The molecule has 0 saturated heterocycles. The number of nitrogens with two attached hydrogens (primary N) is 1. The number of hydrogen-bond acceptors (Lipinski definition) is 5. The molecule has 2 heterocycles. The van der Waals surface area contributed by atoms with Crippen molar-refractivity contribution in [1.82, 2.24) is 14.3 Å². The molecule has 0 aromatic carbocycles. The van der Waals surface area contributed by atoms with Gasteiger partial charge in [0.2, 0.25) is 0 Å². The Hall–Kier alpha value is -1.33. The highest BCUT2D eigenvalue weighted by atomic mass is 32.1. The molecule has 72 valence electrons. The van der Waals surface area contributed by atoms with Crippen molar-refractivity contribution in [3.63, 3.8) is 0 Å². The fourth-order valence-corrected chi connectivity index (χ4v) is 1.69. The Labute approximate surface area is 86.0 Å². The molecule has 2 N–H and O–H groups in total. The van der Waals surface area contributed by atoms with E-state index in [1.165, 1.54) is 11.5 Å². The number of hydrogen-bond donors (Lipinski definition) is 1. The molecule has 1 atom stereocenters. The zero-order chi connectivity index (χ0) is 9.97. The second-order valence-electron chi connectivity index (χ2n) is 2.98. The van der Waals surface area contributed by atoms with E-state index in [1.54, 1.807) is 18.6 Å². The van der Waals surface area contributed by atoms with Crippen LogP contribution >= 0.6 is 11.5 Å². The lowest BCUT2D eigenvalue weighted by molar-refractivity contribution is 0.829. The summed E-state index contributed by atoms with van der Waals surface area (Å²) in [5.74, 6) is 0. The van der Waals surface area contributed by atoms with Crippen LogP contribution in [0.2, 0.25) is 0 Å². The van der Waals surface area contributed by atoms with Gasteiger partial charge in [-0.1, -0.05) is 0 Å². The molecular formula is C9H10N4S. The Bertz CT molecular complexity index is 395. The zero-order valence-electron chi connectivity index (χ0n) is 7.71. The maximum atomic E-state index is 5.98. The first kappa shape index (κ1) is 9.23. The molecular weight excluding hydrogens is 196 g/mol. The summed E-state index contributed by atoms with van der Waals surface area (Å²) in [6, 6.07) is 1.69. The summed E-state index contributed by atoms with van der Waals surface area (Å²) in [7, 11) is 0. The third kappa shape index (κ3) is 1.78. The van der Waals surface area contributed by atoms with E-state index in [-0.39, 0.29) is 6.04 Å². The second-order valence-corrected chi connectivity index (χ2v) is 3.84.